The molecule has 2 aromatic rings. The lowest BCUT2D eigenvalue weighted by Crippen LogP contribution is -2.40. The minimum atomic E-state index is -0.276. The van der Waals surface area contributed by atoms with E-state index in [1.54, 1.807) is 21.3 Å². The summed E-state index contributed by atoms with van der Waals surface area (Å²) in [4.78, 5) is 26.5. The number of likely N-dealkylation sites (N-methyl/N-ethyl adjacent to an activating group) is 1. The van der Waals surface area contributed by atoms with Gasteiger partial charge in [-0.2, -0.15) is 5.10 Å². The molecule has 1 aliphatic rings. The van der Waals surface area contributed by atoms with Crippen LogP contribution in [0.15, 0.2) is 53.6 Å². The largest absolute Gasteiger partial charge is 0.497 e. The fourth-order valence-electron chi connectivity index (χ4n) is 3.38. The van der Waals surface area contributed by atoms with Gasteiger partial charge in [0.25, 0.3) is 5.91 Å². The number of methoxy groups -OCH3 is 3. The van der Waals surface area contributed by atoms with Crippen molar-refractivity contribution < 1.29 is 23.8 Å². The maximum absolute atomic E-state index is 13.1. The number of carbonyl (C=O) groups excluding carboxylic acids is 2. The van der Waals surface area contributed by atoms with Crippen molar-refractivity contribution in [1.29, 1.82) is 0 Å². The van der Waals surface area contributed by atoms with E-state index in [9.17, 15) is 9.59 Å². The molecule has 1 heterocycles. The Morgan fingerprint density at radius 2 is 1.58 bits per heavy atom. The third-order valence-electron chi connectivity index (χ3n) is 5.16. The second-order valence-corrected chi connectivity index (χ2v) is 7.19. The lowest BCUT2D eigenvalue weighted by atomic mass is 9.98. The highest BCUT2D eigenvalue weighted by molar-refractivity contribution is 6.03. The van der Waals surface area contributed by atoms with Crippen LogP contribution in [-0.2, 0) is 14.3 Å². The fourth-order valence-corrected chi connectivity index (χ4v) is 3.38. The number of carbonyl (C=O) groups is 2. The van der Waals surface area contributed by atoms with E-state index in [2.05, 4.69) is 5.10 Å². The Kier molecular flexibility index (Phi) is 7.25. The topological polar surface area (TPSA) is 80.7 Å². The minimum absolute atomic E-state index is 0.0773. The Labute approximate surface area is 182 Å². The molecule has 8 nitrogen and oxygen atoms in total. The van der Waals surface area contributed by atoms with Crippen LogP contribution in [0.2, 0.25) is 0 Å². The van der Waals surface area contributed by atoms with Crippen molar-refractivity contribution in [3.63, 3.8) is 0 Å². The van der Waals surface area contributed by atoms with Gasteiger partial charge in [0.15, 0.2) is 0 Å². The molecule has 0 saturated heterocycles. The van der Waals surface area contributed by atoms with Crippen LogP contribution in [0, 0.1) is 0 Å². The van der Waals surface area contributed by atoms with Crippen LogP contribution >= 0.6 is 0 Å². The van der Waals surface area contributed by atoms with E-state index in [0.29, 0.717) is 6.42 Å². The monoisotopic (exact) mass is 425 g/mol. The highest BCUT2D eigenvalue weighted by atomic mass is 16.5. The van der Waals surface area contributed by atoms with Crippen molar-refractivity contribution in [1.82, 2.24) is 9.91 Å². The molecule has 1 aliphatic heterocycles. The lowest BCUT2D eigenvalue weighted by Gasteiger charge is -2.25. The molecule has 0 aromatic heterocycles. The van der Waals surface area contributed by atoms with Crippen molar-refractivity contribution in [3.05, 3.63) is 59.7 Å². The normalized spacial score (nSPS) is 15.4. The van der Waals surface area contributed by atoms with Crippen LogP contribution in [0.25, 0.3) is 0 Å². The van der Waals surface area contributed by atoms with Crippen LogP contribution in [0.5, 0.6) is 11.5 Å². The van der Waals surface area contributed by atoms with E-state index < -0.39 is 0 Å². The molecule has 0 radical (unpaired) electrons. The molecule has 3 rings (SSSR count). The Hall–Kier alpha value is -3.39. The average Bonchev–Trinajstić information content (AvgIpc) is 3.25. The van der Waals surface area contributed by atoms with Crippen molar-refractivity contribution in [2.24, 2.45) is 5.10 Å². The van der Waals surface area contributed by atoms with E-state index in [-0.39, 0.29) is 31.0 Å². The molecule has 8 heteroatoms. The Morgan fingerprint density at radius 1 is 1.00 bits per heavy atom. The molecule has 0 unspecified atom stereocenters. The van der Waals surface area contributed by atoms with Crippen LogP contribution in [0.3, 0.4) is 0 Å². The summed E-state index contributed by atoms with van der Waals surface area (Å²) in [5.41, 5.74) is 2.65. The van der Waals surface area contributed by atoms with E-state index >= 15 is 0 Å². The van der Waals surface area contributed by atoms with Gasteiger partial charge < -0.3 is 19.1 Å². The summed E-state index contributed by atoms with van der Waals surface area (Å²) in [6.45, 7) is -0.166. The Morgan fingerprint density at radius 3 is 2.13 bits per heavy atom. The first kappa shape index (κ1) is 22.3. The lowest BCUT2D eigenvalue weighted by molar-refractivity contribution is -0.142. The Bertz CT molecular complexity index is 941. The molecule has 0 bridgehead atoms. The first-order valence-electron chi connectivity index (χ1n) is 9.87. The second-order valence-electron chi connectivity index (χ2n) is 7.19. The number of ether oxygens (including phenoxy) is 3. The molecule has 0 aliphatic carbocycles. The predicted octanol–water partition coefficient (Wildman–Crippen LogP) is 2.49. The molecular weight excluding hydrogens is 398 g/mol. The van der Waals surface area contributed by atoms with E-state index in [1.807, 2.05) is 48.5 Å². The summed E-state index contributed by atoms with van der Waals surface area (Å²) in [5, 5.41) is 6.10. The maximum atomic E-state index is 13.1. The van der Waals surface area contributed by atoms with E-state index in [0.717, 1.165) is 28.3 Å². The summed E-state index contributed by atoms with van der Waals surface area (Å²) in [6, 6.07) is 14.9. The standard InChI is InChI=1S/C23H27N3O5/c1-25(23(28)15-29-2)14-22(27)26-21(17-7-11-19(31-4)12-8-17)13-20(24-26)16-5-9-18(30-3)10-6-16/h5-12,21H,13-15H2,1-4H3/t21-/m0/s1. The zero-order valence-electron chi connectivity index (χ0n) is 18.2. The first-order valence-corrected chi connectivity index (χ1v) is 9.87. The Balaban J connectivity index is 1.87. The molecule has 0 saturated carbocycles. The second kappa shape index (κ2) is 10.1. The molecule has 0 N–H and O–H groups in total. The molecule has 0 fully saturated rings. The third-order valence-corrected chi connectivity index (χ3v) is 5.16. The molecule has 1 atom stereocenters. The van der Waals surface area contributed by atoms with Gasteiger partial charge in [0.05, 0.1) is 26.0 Å². The van der Waals surface area contributed by atoms with Crippen LogP contribution < -0.4 is 9.47 Å². The molecule has 0 spiro atoms. The van der Waals surface area contributed by atoms with Gasteiger partial charge in [0, 0.05) is 20.6 Å². The maximum Gasteiger partial charge on any atom is 0.262 e. The highest BCUT2D eigenvalue weighted by Crippen LogP contribution is 2.34. The molecule has 2 amide bonds. The molecule has 2 aromatic carbocycles. The first-order chi connectivity index (χ1) is 15.0. The third kappa shape index (κ3) is 5.21. The number of hydrazone groups is 1. The smallest absolute Gasteiger partial charge is 0.262 e. The van der Waals surface area contributed by atoms with E-state index in [4.69, 9.17) is 14.2 Å². The van der Waals surface area contributed by atoms with Crippen LogP contribution in [-0.4, -0.2) is 69.0 Å². The summed E-state index contributed by atoms with van der Waals surface area (Å²) >= 11 is 0. The van der Waals surface area contributed by atoms with Gasteiger partial charge in [0.2, 0.25) is 5.91 Å². The van der Waals surface area contributed by atoms with Crippen molar-refractivity contribution in [2.75, 3.05) is 41.5 Å². The van der Waals surface area contributed by atoms with Gasteiger partial charge in [0.1, 0.15) is 24.7 Å². The van der Waals surface area contributed by atoms with Gasteiger partial charge >= 0.3 is 0 Å². The number of rotatable bonds is 8. The zero-order chi connectivity index (χ0) is 22.4. The minimum Gasteiger partial charge on any atom is -0.497 e. The number of amides is 2. The number of hydrogen-bond acceptors (Lipinski definition) is 6. The highest BCUT2D eigenvalue weighted by Gasteiger charge is 2.34. The van der Waals surface area contributed by atoms with Crippen molar-refractivity contribution in [3.8, 4) is 11.5 Å². The SMILES string of the molecule is COCC(=O)N(C)CC(=O)N1N=C(c2ccc(OC)cc2)C[C@H]1c1ccc(OC)cc1. The van der Waals surface area contributed by atoms with Gasteiger partial charge in [-0.05, 0) is 47.5 Å². The van der Waals surface area contributed by atoms with Crippen molar-refractivity contribution in [2.45, 2.75) is 12.5 Å². The predicted molar refractivity (Wildman–Crippen MR) is 116 cm³/mol. The summed E-state index contributed by atoms with van der Waals surface area (Å²) in [6.07, 6.45) is 0.556. The van der Waals surface area contributed by atoms with E-state index in [1.165, 1.54) is 17.0 Å². The van der Waals surface area contributed by atoms with Gasteiger partial charge in [-0.3, -0.25) is 9.59 Å². The molecular formula is C23H27N3O5. The number of benzene rings is 2. The van der Waals surface area contributed by atoms with Gasteiger partial charge in [-0.25, -0.2) is 5.01 Å². The summed E-state index contributed by atoms with van der Waals surface area (Å²) in [7, 11) is 6.24. The quantitative estimate of drug-likeness (QED) is 0.649. The summed E-state index contributed by atoms with van der Waals surface area (Å²) in [5.74, 6) is 0.952. The van der Waals surface area contributed by atoms with Crippen LogP contribution in [0.4, 0.5) is 0 Å². The molecule has 31 heavy (non-hydrogen) atoms. The van der Waals surface area contributed by atoms with Crippen LogP contribution in [0.1, 0.15) is 23.6 Å². The summed E-state index contributed by atoms with van der Waals surface area (Å²) < 4.78 is 15.3. The zero-order valence-corrected chi connectivity index (χ0v) is 18.2. The average molecular weight is 425 g/mol. The van der Waals surface area contributed by atoms with Gasteiger partial charge in [-0.15, -0.1) is 0 Å². The van der Waals surface area contributed by atoms with Gasteiger partial charge in [-0.1, -0.05) is 12.1 Å². The number of nitrogens with zero attached hydrogens (tertiary/aromatic N) is 3. The molecule has 164 valence electrons. The number of hydrogen-bond donors (Lipinski definition) is 0. The fraction of sp³-hybridized carbons (Fsp3) is 0.348. The van der Waals surface area contributed by atoms with Crippen molar-refractivity contribution >= 4 is 17.5 Å².